The third-order valence-corrected chi connectivity index (χ3v) is 3.12. The molecule has 0 radical (unpaired) electrons. The molecular formula is C18H14N2O. The molecule has 0 fully saturated rings. The van der Waals surface area contributed by atoms with E-state index in [1.807, 2.05) is 60.7 Å². The lowest BCUT2D eigenvalue weighted by atomic mass is 10.2. The maximum atomic E-state index is 12.0. The van der Waals surface area contributed by atoms with Crippen LogP contribution in [0.25, 0.3) is 17.0 Å². The van der Waals surface area contributed by atoms with Crippen molar-refractivity contribution in [2.75, 3.05) is 5.32 Å². The van der Waals surface area contributed by atoms with Crippen LogP contribution >= 0.6 is 0 Å². The lowest BCUT2D eigenvalue weighted by Gasteiger charge is -2.05. The molecule has 3 aromatic rings. The average Bonchev–Trinajstić information content (AvgIpc) is 2.54. The molecule has 1 aromatic heterocycles. The molecule has 3 heteroatoms. The van der Waals surface area contributed by atoms with Gasteiger partial charge in [-0.3, -0.25) is 9.78 Å². The van der Waals surface area contributed by atoms with Gasteiger partial charge >= 0.3 is 0 Å². The summed E-state index contributed by atoms with van der Waals surface area (Å²) < 4.78 is 0. The maximum absolute atomic E-state index is 12.0. The van der Waals surface area contributed by atoms with Crippen LogP contribution < -0.4 is 5.32 Å². The quantitative estimate of drug-likeness (QED) is 0.736. The summed E-state index contributed by atoms with van der Waals surface area (Å²) in [6, 6.07) is 19.3. The molecule has 3 nitrogen and oxygen atoms in total. The molecule has 0 aliphatic carbocycles. The van der Waals surface area contributed by atoms with Crippen molar-refractivity contribution in [3.63, 3.8) is 0 Å². The second kappa shape index (κ2) is 6.01. The highest BCUT2D eigenvalue weighted by Crippen LogP contribution is 2.20. The largest absolute Gasteiger partial charge is 0.321 e. The first kappa shape index (κ1) is 13.1. The van der Waals surface area contributed by atoms with E-state index in [1.54, 1.807) is 12.3 Å². The first-order valence-corrected chi connectivity index (χ1v) is 6.71. The number of anilines is 1. The number of carbonyl (C=O) groups excluding carboxylic acids is 1. The van der Waals surface area contributed by atoms with Crippen LogP contribution in [-0.2, 0) is 4.79 Å². The van der Waals surface area contributed by atoms with Gasteiger partial charge in [-0.15, -0.1) is 0 Å². The number of pyridine rings is 1. The molecule has 0 spiro atoms. The van der Waals surface area contributed by atoms with Crippen LogP contribution in [-0.4, -0.2) is 10.9 Å². The van der Waals surface area contributed by atoms with Crippen molar-refractivity contribution in [3.8, 4) is 0 Å². The molecule has 0 aliphatic rings. The Hall–Kier alpha value is -2.94. The average molecular weight is 274 g/mol. The van der Waals surface area contributed by atoms with Crippen LogP contribution in [0.15, 0.2) is 72.9 Å². The minimum absolute atomic E-state index is 0.169. The number of nitrogens with zero attached hydrogens (tertiary/aromatic N) is 1. The van der Waals surface area contributed by atoms with Gasteiger partial charge < -0.3 is 5.32 Å². The van der Waals surface area contributed by atoms with Gasteiger partial charge in [-0.25, -0.2) is 0 Å². The van der Waals surface area contributed by atoms with Crippen LogP contribution in [0.1, 0.15) is 5.56 Å². The Balaban J connectivity index is 1.79. The topological polar surface area (TPSA) is 42.0 Å². The monoisotopic (exact) mass is 274 g/mol. The Labute approximate surface area is 123 Å². The summed E-state index contributed by atoms with van der Waals surface area (Å²) in [5.74, 6) is -0.169. The van der Waals surface area contributed by atoms with Crippen LogP contribution in [0.2, 0.25) is 0 Å². The second-order valence-corrected chi connectivity index (χ2v) is 4.61. The molecule has 2 aromatic carbocycles. The number of fused-ring (bicyclic) bond motifs is 1. The fraction of sp³-hybridized carbons (Fsp3) is 0. The minimum atomic E-state index is -0.169. The normalized spacial score (nSPS) is 10.9. The number of carbonyl (C=O) groups is 1. The van der Waals surface area contributed by atoms with Crippen molar-refractivity contribution >= 4 is 28.6 Å². The zero-order valence-corrected chi connectivity index (χ0v) is 11.4. The highest BCUT2D eigenvalue weighted by molar-refractivity contribution is 6.06. The summed E-state index contributed by atoms with van der Waals surface area (Å²) in [6.45, 7) is 0. The number of hydrogen-bond donors (Lipinski definition) is 1. The zero-order chi connectivity index (χ0) is 14.5. The van der Waals surface area contributed by atoms with E-state index in [1.165, 1.54) is 6.08 Å². The van der Waals surface area contributed by atoms with Crippen molar-refractivity contribution in [2.45, 2.75) is 0 Å². The molecule has 102 valence electrons. The van der Waals surface area contributed by atoms with Gasteiger partial charge in [0.2, 0.25) is 5.91 Å². The van der Waals surface area contributed by atoms with Crippen molar-refractivity contribution < 1.29 is 4.79 Å². The Morgan fingerprint density at radius 2 is 1.76 bits per heavy atom. The van der Waals surface area contributed by atoms with Crippen molar-refractivity contribution in [2.24, 2.45) is 0 Å². The van der Waals surface area contributed by atoms with Gasteiger partial charge in [0.15, 0.2) is 0 Å². The molecule has 0 saturated heterocycles. The minimum Gasteiger partial charge on any atom is -0.321 e. The number of rotatable bonds is 3. The Morgan fingerprint density at radius 1 is 0.952 bits per heavy atom. The van der Waals surface area contributed by atoms with Gasteiger partial charge in [0, 0.05) is 17.7 Å². The van der Waals surface area contributed by atoms with Crippen molar-refractivity contribution in [3.05, 3.63) is 78.5 Å². The van der Waals surface area contributed by atoms with E-state index in [0.717, 1.165) is 22.2 Å². The van der Waals surface area contributed by atoms with Gasteiger partial charge in [0.05, 0.1) is 11.2 Å². The Bertz CT molecular complexity index is 789. The van der Waals surface area contributed by atoms with E-state index >= 15 is 0 Å². The summed E-state index contributed by atoms with van der Waals surface area (Å²) in [7, 11) is 0. The number of benzene rings is 2. The summed E-state index contributed by atoms with van der Waals surface area (Å²) in [5.41, 5.74) is 2.50. The predicted octanol–water partition coefficient (Wildman–Crippen LogP) is 3.89. The molecule has 0 atom stereocenters. The number of amides is 1. The molecule has 0 bridgehead atoms. The van der Waals surface area contributed by atoms with Crippen molar-refractivity contribution in [1.29, 1.82) is 0 Å². The van der Waals surface area contributed by atoms with E-state index in [2.05, 4.69) is 10.3 Å². The highest BCUT2D eigenvalue weighted by Gasteiger charge is 2.03. The van der Waals surface area contributed by atoms with E-state index in [-0.39, 0.29) is 5.91 Å². The zero-order valence-electron chi connectivity index (χ0n) is 11.4. The smallest absolute Gasteiger partial charge is 0.248 e. The molecule has 0 saturated carbocycles. The summed E-state index contributed by atoms with van der Waals surface area (Å²) in [6.07, 6.45) is 5.03. The third kappa shape index (κ3) is 3.15. The van der Waals surface area contributed by atoms with E-state index < -0.39 is 0 Å². The Kier molecular flexibility index (Phi) is 3.74. The second-order valence-electron chi connectivity index (χ2n) is 4.61. The number of para-hydroxylation sites is 1. The maximum Gasteiger partial charge on any atom is 0.248 e. The molecule has 0 aliphatic heterocycles. The summed E-state index contributed by atoms with van der Waals surface area (Å²) in [5, 5.41) is 3.87. The van der Waals surface area contributed by atoms with Gasteiger partial charge in [-0.2, -0.15) is 0 Å². The SMILES string of the molecule is O=C(/C=C/c1ccccc1)Nc1cccc2cccnc12. The van der Waals surface area contributed by atoms with E-state index in [9.17, 15) is 4.79 Å². The fourth-order valence-electron chi connectivity index (χ4n) is 2.12. The molecule has 3 rings (SSSR count). The summed E-state index contributed by atoms with van der Waals surface area (Å²) in [4.78, 5) is 16.3. The first-order chi connectivity index (χ1) is 10.3. The number of nitrogens with one attached hydrogen (secondary N) is 1. The molecule has 21 heavy (non-hydrogen) atoms. The summed E-state index contributed by atoms with van der Waals surface area (Å²) >= 11 is 0. The fourth-order valence-corrected chi connectivity index (χ4v) is 2.12. The van der Waals surface area contributed by atoms with Gasteiger partial charge in [-0.05, 0) is 23.8 Å². The van der Waals surface area contributed by atoms with Crippen LogP contribution in [0.4, 0.5) is 5.69 Å². The lowest BCUT2D eigenvalue weighted by molar-refractivity contribution is -0.111. The standard InChI is InChI=1S/C18H14N2O/c21-17(12-11-14-6-2-1-3-7-14)20-16-10-4-8-15-9-5-13-19-18(15)16/h1-13H,(H,20,21)/b12-11+. The molecule has 1 heterocycles. The Morgan fingerprint density at radius 3 is 2.62 bits per heavy atom. The van der Waals surface area contributed by atoms with Gasteiger partial charge in [0.25, 0.3) is 0 Å². The van der Waals surface area contributed by atoms with Crippen LogP contribution in [0, 0.1) is 0 Å². The number of hydrogen-bond acceptors (Lipinski definition) is 2. The molecular weight excluding hydrogens is 260 g/mol. The molecule has 0 unspecified atom stereocenters. The van der Waals surface area contributed by atoms with Gasteiger partial charge in [0.1, 0.15) is 0 Å². The molecule has 1 amide bonds. The van der Waals surface area contributed by atoms with Gasteiger partial charge in [-0.1, -0.05) is 48.5 Å². The first-order valence-electron chi connectivity index (χ1n) is 6.71. The van der Waals surface area contributed by atoms with E-state index in [0.29, 0.717) is 0 Å². The van der Waals surface area contributed by atoms with Crippen molar-refractivity contribution in [1.82, 2.24) is 4.98 Å². The molecule has 1 N–H and O–H groups in total. The number of aromatic nitrogens is 1. The van der Waals surface area contributed by atoms with Crippen LogP contribution in [0.3, 0.4) is 0 Å². The van der Waals surface area contributed by atoms with Crippen LogP contribution in [0.5, 0.6) is 0 Å². The third-order valence-electron chi connectivity index (χ3n) is 3.12. The lowest BCUT2D eigenvalue weighted by Crippen LogP contribution is -2.08. The highest BCUT2D eigenvalue weighted by atomic mass is 16.1. The predicted molar refractivity (Wildman–Crippen MR) is 85.8 cm³/mol. The van der Waals surface area contributed by atoms with E-state index in [4.69, 9.17) is 0 Å².